The minimum atomic E-state index is 0.953. The van der Waals surface area contributed by atoms with Crippen LogP contribution in [0.2, 0.25) is 0 Å². The predicted octanol–water partition coefficient (Wildman–Crippen LogP) is 2.45. The fourth-order valence-corrected chi connectivity index (χ4v) is 2.62. The molecule has 0 aromatic carbocycles. The van der Waals surface area contributed by atoms with E-state index in [4.69, 9.17) is 0 Å². The smallest absolute Gasteiger partial charge is 0.000756 e. The number of likely N-dealkylation sites (tertiary alicyclic amines) is 1. The summed E-state index contributed by atoms with van der Waals surface area (Å²) >= 11 is 0. The molecule has 0 bridgehead atoms. The Morgan fingerprint density at radius 3 is 2.33 bits per heavy atom. The highest BCUT2D eigenvalue weighted by molar-refractivity contribution is 4.73. The lowest BCUT2D eigenvalue weighted by molar-refractivity contribution is 0.154. The molecule has 0 aromatic heterocycles. The van der Waals surface area contributed by atoms with E-state index >= 15 is 0 Å². The first-order chi connectivity index (χ1) is 7.26. The second-order valence-electron chi connectivity index (χ2n) is 5.05. The molecule has 0 atom stereocenters. The SMILES string of the molecule is CCCN(C)CC1CCN(CCC)CC1. The van der Waals surface area contributed by atoms with Crippen molar-refractivity contribution in [1.82, 2.24) is 9.80 Å². The van der Waals surface area contributed by atoms with Crippen molar-refractivity contribution in [3.05, 3.63) is 0 Å². The van der Waals surface area contributed by atoms with E-state index in [2.05, 4.69) is 30.7 Å². The zero-order valence-electron chi connectivity index (χ0n) is 10.8. The van der Waals surface area contributed by atoms with Gasteiger partial charge in [0.1, 0.15) is 0 Å². The predicted molar refractivity (Wildman–Crippen MR) is 67.2 cm³/mol. The van der Waals surface area contributed by atoms with Crippen molar-refractivity contribution in [3.63, 3.8) is 0 Å². The van der Waals surface area contributed by atoms with Crippen LogP contribution in [-0.2, 0) is 0 Å². The molecule has 90 valence electrons. The third-order valence-corrected chi connectivity index (χ3v) is 3.42. The molecule has 1 heterocycles. The Morgan fingerprint density at radius 2 is 1.80 bits per heavy atom. The van der Waals surface area contributed by atoms with Crippen molar-refractivity contribution in [2.75, 3.05) is 39.8 Å². The lowest BCUT2D eigenvalue weighted by Crippen LogP contribution is -2.38. The van der Waals surface area contributed by atoms with Crippen LogP contribution >= 0.6 is 0 Å². The molecule has 0 N–H and O–H groups in total. The molecule has 0 radical (unpaired) electrons. The molecule has 1 aliphatic heterocycles. The van der Waals surface area contributed by atoms with Gasteiger partial charge >= 0.3 is 0 Å². The van der Waals surface area contributed by atoms with Crippen LogP contribution < -0.4 is 0 Å². The second-order valence-corrected chi connectivity index (χ2v) is 5.05. The highest BCUT2D eigenvalue weighted by Crippen LogP contribution is 2.18. The average molecular weight is 212 g/mol. The van der Waals surface area contributed by atoms with E-state index in [1.807, 2.05) is 0 Å². The molecule has 0 aromatic rings. The summed E-state index contributed by atoms with van der Waals surface area (Å²) in [5, 5.41) is 0. The molecule has 0 saturated carbocycles. The van der Waals surface area contributed by atoms with Gasteiger partial charge in [0, 0.05) is 6.54 Å². The summed E-state index contributed by atoms with van der Waals surface area (Å²) in [6.45, 7) is 11.1. The van der Waals surface area contributed by atoms with Gasteiger partial charge in [-0.1, -0.05) is 13.8 Å². The number of piperidine rings is 1. The van der Waals surface area contributed by atoms with Gasteiger partial charge in [0.05, 0.1) is 0 Å². The van der Waals surface area contributed by atoms with E-state index in [1.165, 1.54) is 58.4 Å². The molecule has 0 spiro atoms. The maximum atomic E-state index is 2.62. The third-order valence-electron chi connectivity index (χ3n) is 3.42. The first-order valence-electron chi connectivity index (χ1n) is 6.67. The monoisotopic (exact) mass is 212 g/mol. The van der Waals surface area contributed by atoms with Crippen LogP contribution in [0.4, 0.5) is 0 Å². The lowest BCUT2D eigenvalue weighted by atomic mass is 9.96. The van der Waals surface area contributed by atoms with E-state index < -0.39 is 0 Å². The summed E-state index contributed by atoms with van der Waals surface area (Å²) in [5.41, 5.74) is 0. The van der Waals surface area contributed by atoms with Crippen molar-refractivity contribution in [2.45, 2.75) is 39.5 Å². The summed E-state index contributed by atoms with van der Waals surface area (Å²) in [5.74, 6) is 0.953. The highest BCUT2D eigenvalue weighted by atomic mass is 15.1. The Kier molecular flexibility index (Phi) is 6.26. The van der Waals surface area contributed by atoms with Crippen molar-refractivity contribution in [1.29, 1.82) is 0 Å². The molecule has 0 aliphatic carbocycles. The number of rotatable bonds is 6. The normalized spacial score (nSPS) is 20.0. The lowest BCUT2D eigenvalue weighted by Gasteiger charge is -2.33. The molecule has 1 aliphatic rings. The van der Waals surface area contributed by atoms with Gasteiger partial charge in [0.25, 0.3) is 0 Å². The van der Waals surface area contributed by atoms with Crippen LogP contribution in [0, 0.1) is 5.92 Å². The minimum absolute atomic E-state index is 0.953. The molecule has 2 nitrogen and oxygen atoms in total. The van der Waals surface area contributed by atoms with Crippen LogP contribution in [0.3, 0.4) is 0 Å². The minimum Gasteiger partial charge on any atom is -0.306 e. The molecular formula is C13H28N2. The Labute approximate surface area is 95.6 Å². The van der Waals surface area contributed by atoms with Crippen LogP contribution in [0.1, 0.15) is 39.5 Å². The fourth-order valence-electron chi connectivity index (χ4n) is 2.62. The summed E-state index contributed by atoms with van der Waals surface area (Å²) in [6.07, 6.45) is 5.41. The number of hydrogen-bond donors (Lipinski definition) is 0. The Morgan fingerprint density at radius 1 is 1.13 bits per heavy atom. The van der Waals surface area contributed by atoms with Crippen LogP contribution in [0.25, 0.3) is 0 Å². The van der Waals surface area contributed by atoms with Gasteiger partial charge in [-0.25, -0.2) is 0 Å². The maximum Gasteiger partial charge on any atom is 0.000756 e. The summed E-state index contributed by atoms with van der Waals surface area (Å²) in [7, 11) is 2.27. The van der Waals surface area contributed by atoms with E-state index in [-0.39, 0.29) is 0 Å². The van der Waals surface area contributed by atoms with Crippen molar-refractivity contribution in [2.24, 2.45) is 5.92 Å². The highest BCUT2D eigenvalue weighted by Gasteiger charge is 2.19. The van der Waals surface area contributed by atoms with Crippen molar-refractivity contribution in [3.8, 4) is 0 Å². The van der Waals surface area contributed by atoms with Gasteiger partial charge in [-0.2, -0.15) is 0 Å². The maximum absolute atomic E-state index is 2.62. The van der Waals surface area contributed by atoms with E-state index in [1.54, 1.807) is 0 Å². The average Bonchev–Trinajstić information content (AvgIpc) is 2.22. The van der Waals surface area contributed by atoms with Gasteiger partial charge in [0.15, 0.2) is 0 Å². The second kappa shape index (κ2) is 7.24. The summed E-state index contributed by atoms with van der Waals surface area (Å²) in [4.78, 5) is 5.12. The zero-order chi connectivity index (χ0) is 11.1. The van der Waals surface area contributed by atoms with Gasteiger partial charge in [-0.3, -0.25) is 0 Å². The Hall–Kier alpha value is -0.0800. The van der Waals surface area contributed by atoms with E-state index in [9.17, 15) is 0 Å². The summed E-state index contributed by atoms with van der Waals surface area (Å²) < 4.78 is 0. The van der Waals surface area contributed by atoms with Crippen LogP contribution in [-0.4, -0.2) is 49.6 Å². The largest absolute Gasteiger partial charge is 0.306 e. The van der Waals surface area contributed by atoms with Crippen molar-refractivity contribution >= 4 is 0 Å². The van der Waals surface area contributed by atoms with E-state index in [0.717, 1.165) is 5.92 Å². The van der Waals surface area contributed by atoms with E-state index in [0.29, 0.717) is 0 Å². The summed E-state index contributed by atoms with van der Waals surface area (Å²) in [6, 6.07) is 0. The number of hydrogen-bond acceptors (Lipinski definition) is 2. The molecule has 1 rings (SSSR count). The molecule has 0 amide bonds. The van der Waals surface area contributed by atoms with Gasteiger partial charge < -0.3 is 9.80 Å². The molecule has 15 heavy (non-hydrogen) atoms. The quantitative estimate of drug-likeness (QED) is 0.667. The first kappa shape index (κ1) is 13.0. The van der Waals surface area contributed by atoms with Crippen LogP contribution in [0.5, 0.6) is 0 Å². The fraction of sp³-hybridized carbons (Fsp3) is 1.00. The molecule has 1 saturated heterocycles. The van der Waals surface area contributed by atoms with Gasteiger partial charge in [-0.15, -0.1) is 0 Å². The Balaban J connectivity index is 2.14. The van der Waals surface area contributed by atoms with Crippen LogP contribution in [0.15, 0.2) is 0 Å². The molecular weight excluding hydrogens is 184 g/mol. The molecule has 1 fully saturated rings. The van der Waals surface area contributed by atoms with Crippen molar-refractivity contribution < 1.29 is 0 Å². The van der Waals surface area contributed by atoms with Gasteiger partial charge in [-0.05, 0) is 64.8 Å². The number of nitrogens with zero attached hydrogens (tertiary/aromatic N) is 2. The third kappa shape index (κ3) is 4.98. The standard InChI is InChI=1S/C13H28N2/c1-4-8-14(3)12-13-6-10-15(9-5-2)11-7-13/h13H,4-12H2,1-3H3. The molecule has 0 unspecified atom stereocenters. The zero-order valence-corrected chi connectivity index (χ0v) is 10.8. The van der Waals surface area contributed by atoms with Gasteiger partial charge in [0.2, 0.25) is 0 Å². The molecule has 2 heteroatoms. The Bertz CT molecular complexity index is 151. The first-order valence-corrected chi connectivity index (χ1v) is 6.67. The topological polar surface area (TPSA) is 6.48 Å².